The zero-order chi connectivity index (χ0) is 17.3. The van der Waals surface area contributed by atoms with Gasteiger partial charge in [0.2, 0.25) is 5.78 Å². The normalized spacial score (nSPS) is 10.8. The fourth-order valence-electron chi connectivity index (χ4n) is 2.65. The molecular formula is C17H17N3O3S. The molecule has 0 fully saturated rings. The van der Waals surface area contributed by atoms with Gasteiger partial charge in [0.15, 0.2) is 6.61 Å². The number of anilines is 1. The summed E-state index contributed by atoms with van der Waals surface area (Å²) in [5.74, 6) is -0.786. The maximum Gasteiger partial charge on any atom is 0.343 e. The Morgan fingerprint density at radius 1 is 1.33 bits per heavy atom. The van der Waals surface area contributed by atoms with Crippen molar-refractivity contribution in [3.05, 3.63) is 46.8 Å². The van der Waals surface area contributed by atoms with Gasteiger partial charge < -0.3 is 15.0 Å². The summed E-state index contributed by atoms with van der Waals surface area (Å²) in [6.45, 7) is 3.37. The van der Waals surface area contributed by atoms with Gasteiger partial charge in [-0.25, -0.2) is 4.79 Å². The Bertz CT molecular complexity index is 926. The second-order valence-corrected chi connectivity index (χ2v) is 6.19. The molecule has 0 aliphatic carbocycles. The number of aromatic nitrogens is 2. The van der Waals surface area contributed by atoms with Crippen molar-refractivity contribution in [2.45, 2.75) is 13.8 Å². The van der Waals surface area contributed by atoms with Crippen molar-refractivity contribution in [1.82, 2.24) is 9.36 Å². The zero-order valence-electron chi connectivity index (χ0n) is 13.6. The molecule has 2 N–H and O–H groups in total. The van der Waals surface area contributed by atoms with Crippen molar-refractivity contribution in [3.8, 4) is 0 Å². The largest absolute Gasteiger partial charge is 0.454 e. The first-order valence-corrected chi connectivity index (χ1v) is 8.21. The number of aryl methyl sites for hydroxylation is 2. The fourth-order valence-corrected chi connectivity index (χ4v) is 3.38. The molecule has 6 nitrogen and oxygen atoms in total. The number of esters is 1. The molecule has 124 valence electrons. The molecule has 0 unspecified atom stereocenters. The van der Waals surface area contributed by atoms with Crippen LogP contribution in [0.1, 0.15) is 32.0 Å². The number of nitrogens with one attached hydrogen (secondary N) is 2. The third-order valence-electron chi connectivity index (χ3n) is 3.84. The van der Waals surface area contributed by atoms with Crippen LogP contribution in [0.4, 0.5) is 5.00 Å². The third kappa shape index (κ3) is 2.78. The van der Waals surface area contributed by atoms with Crippen LogP contribution in [0, 0.1) is 13.8 Å². The quantitative estimate of drug-likeness (QED) is 0.548. The SMILES string of the molecule is CNc1snc(C)c1C(=O)OCC(=O)c1c[nH]c2cccc(C)c12. The molecule has 3 aromatic rings. The van der Waals surface area contributed by atoms with Crippen molar-refractivity contribution in [2.24, 2.45) is 0 Å². The number of hydrogen-bond acceptors (Lipinski definition) is 6. The minimum atomic E-state index is -0.546. The number of nitrogens with zero attached hydrogens (tertiary/aromatic N) is 1. The van der Waals surface area contributed by atoms with Gasteiger partial charge in [0.1, 0.15) is 10.6 Å². The summed E-state index contributed by atoms with van der Waals surface area (Å²) in [6, 6.07) is 5.78. The van der Waals surface area contributed by atoms with E-state index >= 15 is 0 Å². The highest BCUT2D eigenvalue weighted by atomic mass is 32.1. The topological polar surface area (TPSA) is 84.1 Å². The van der Waals surface area contributed by atoms with Crippen molar-refractivity contribution < 1.29 is 14.3 Å². The lowest BCUT2D eigenvalue weighted by atomic mass is 10.1. The highest BCUT2D eigenvalue weighted by Gasteiger charge is 2.21. The Morgan fingerprint density at radius 3 is 2.88 bits per heavy atom. The number of aromatic amines is 1. The summed E-state index contributed by atoms with van der Waals surface area (Å²) >= 11 is 1.19. The molecule has 2 aromatic heterocycles. The van der Waals surface area contributed by atoms with Crippen LogP contribution >= 0.6 is 11.5 Å². The minimum Gasteiger partial charge on any atom is -0.454 e. The number of fused-ring (bicyclic) bond motifs is 1. The summed E-state index contributed by atoms with van der Waals surface area (Å²) < 4.78 is 9.33. The molecule has 0 aliphatic heterocycles. The minimum absolute atomic E-state index is 0.240. The molecule has 0 saturated carbocycles. The fraction of sp³-hybridized carbons (Fsp3) is 0.235. The van der Waals surface area contributed by atoms with Gasteiger partial charge in [-0.1, -0.05) is 12.1 Å². The van der Waals surface area contributed by atoms with E-state index in [0.29, 0.717) is 21.8 Å². The molecule has 0 amide bonds. The van der Waals surface area contributed by atoms with Crippen LogP contribution < -0.4 is 5.32 Å². The Morgan fingerprint density at radius 2 is 2.12 bits per heavy atom. The average Bonchev–Trinajstić information content (AvgIpc) is 3.16. The molecule has 7 heteroatoms. The Hall–Kier alpha value is -2.67. The molecule has 0 bridgehead atoms. The van der Waals surface area contributed by atoms with E-state index in [0.717, 1.165) is 16.5 Å². The third-order valence-corrected chi connectivity index (χ3v) is 4.80. The summed E-state index contributed by atoms with van der Waals surface area (Å²) in [6.07, 6.45) is 1.66. The molecular weight excluding hydrogens is 326 g/mol. The Balaban J connectivity index is 1.78. The van der Waals surface area contributed by atoms with Gasteiger partial charge in [-0.3, -0.25) is 4.79 Å². The summed E-state index contributed by atoms with van der Waals surface area (Å²) in [7, 11) is 1.71. The number of ether oxygens (including phenoxy) is 1. The first-order valence-electron chi connectivity index (χ1n) is 7.44. The van der Waals surface area contributed by atoms with Crippen molar-refractivity contribution >= 4 is 39.2 Å². The van der Waals surface area contributed by atoms with Crippen LogP contribution in [0.15, 0.2) is 24.4 Å². The molecule has 24 heavy (non-hydrogen) atoms. The number of carbonyl (C=O) groups excluding carboxylic acids is 2. The van der Waals surface area contributed by atoms with E-state index in [-0.39, 0.29) is 12.4 Å². The highest BCUT2D eigenvalue weighted by Crippen LogP contribution is 2.25. The zero-order valence-corrected chi connectivity index (χ0v) is 14.4. The van der Waals surface area contributed by atoms with Crippen LogP contribution in [-0.4, -0.2) is 34.8 Å². The lowest BCUT2D eigenvalue weighted by Crippen LogP contribution is -2.15. The molecule has 0 saturated heterocycles. The lowest BCUT2D eigenvalue weighted by Gasteiger charge is -2.06. The molecule has 0 aliphatic rings. The number of benzene rings is 1. The standard InChI is InChI=1S/C17H17N3O3S/c1-9-5-4-6-12-14(9)11(7-19-12)13(21)8-23-17(22)15-10(2)20-24-16(15)18-3/h4-7,18-19H,8H2,1-3H3. The second-order valence-electron chi connectivity index (χ2n) is 5.42. The Kier molecular flexibility index (Phi) is 4.35. The maximum absolute atomic E-state index is 12.5. The molecule has 1 aromatic carbocycles. The van der Waals surface area contributed by atoms with Crippen LogP contribution in [0.25, 0.3) is 10.9 Å². The van der Waals surface area contributed by atoms with Gasteiger partial charge in [-0.2, -0.15) is 4.37 Å². The number of carbonyl (C=O) groups is 2. The van der Waals surface area contributed by atoms with E-state index in [4.69, 9.17) is 4.74 Å². The van der Waals surface area contributed by atoms with E-state index in [1.54, 1.807) is 20.2 Å². The summed E-state index contributed by atoms with van der Waals surface area (Å²) in [5, 5.41) is 4.41. The smallest absolute Gasteiger partial charge is 0.343 e. The van der Waals surface area contributed by atoms with Gasteiger partial charge in [0.25, 0.3) is 0 Å². The van der Waals surface area contributed by atoms with E-state index in [9.17, 15) is 9.59 Å². The maximum atomic E-state index is 12.5. The van der Waals surface area contributed by atoms with Crippen LogP contribution in [0.3, 0.4) is 0 Å². The number of ketones is 1. The lowest BCUT2D eigenvalue weighted by molar-refractivity contribution is 0.0475. The van der Waals surface area contributed by atoms with E-state index < -0.39 is 5.97 Å². The van der Waals surface area contributed by atoms with Gasteiger partial charge in [-0.05, 0) is 37.0 Å². The molecule has 0 spiro atoms. The van der Waals surface area contributed by atoms with Gasteiger partial charge in [-0.15, -0.1) is 0 Å². The van der Waals surface area contributed by atoms with Gasteiger partial charge in [0.05, 0.1) is 5.69 Å². The number of hydrogen-bond donors (Lipinski definition) is 2. The van der Waals surface area contributed by atoms with Crippen LogP contribution in [0.2, 0.25) is 0 Å². The molecule has 0 radical (unpaired) electrons. The first-order chi connectivity index (χ1) is 11.5. The van der Waals surface area contributed by atoms with E-state index in [1.807, 2.05) is 25.1 Å². The van der Waals surface area contributed by atoms with E-state index in [1.165, 1.54) is 11.5 Å². The summed E-state index contributed by atoms with van der Waals surface area (Å²) in [4.78, 5) is 27.8. The predicted octanol–water partition coefficient (Wildman–Crippen LogP) is 3.32. The van der Waals surface area contributed by atoms with Crippen molar-refractivity contribution in [2.75, 3.05) is 19.0 Å². The van der Waals surface area contributed by atoms with Gasteiger partial charge >= 0.3 is 5.97 Å². The van der Waals surface area contributed by atoms with Crippen LogP contribution in [0.5, 0.6) is 0 Å². The Labute approximate surface area is 143 Å². The van der Waals surface area contributed by atoms with Crippen molar-refractivity contribution in [1.29, 1.82) is 0 Å². The summed E-state index contributed by atoms with van der Waals surface area (Å²) in [5.41, 5.74) is 3.39. The number of Topliss-reactive ketones (excluding diaryl/α,β-unsaturated/α-hetero) is 1. The second kappa shape index (κ2) is 6.45. The molecule has 3 rings (SSSR count). The number of rotatable bonds is 5. The van der Waals surface area contributed by atoms with Gasteiger partial charge in [0, 0.05) is 29.7 Å². The predicted molar refractivity (Wildman–Crippen MR) is 94.0 cm³/mol. The van der Waals surface area contributed by atoms with Crippen molar-refractivity contribution in [3.63, 3.8) is 0 Å². The first kappa shape index (κ1) is 16.2. The number of H-pyrrole nitrogens is 1. The molecule has 0 atom stereocenters. The van der Waals surface area contributed by atoms with E-state index in [2.05, 4.69) is 14.7 Å². The monoisotopic (exact) mass is 343 g/mol. The molecule has 2 heterocycles. The average molecular weight is 343 g/mol. The highest BCUT2D eigenvalue weighted by molar-refractivity contribution is 7.10. The van der Waals surface area contributed by atoms with Crippen LogP contribution in [-0.2, 0) is 4.74 Å².